The first kappa shape index (κ1) is 25.1. The molecular formula is C22H22ClF3N4O2. The number of hydrogen-bond acceptors (Lipinski definition) is 5. The van der Waals surface area contributed by atoms with Gasteiger partial charge in [-0.25, -0.2) is 9.97 Å². The fraction of sp³-hybridized carbons (Fsp3) is 0.227. The molecule has 0 saturated carbocycles. The summed E-state index contributed by atoms with van der Waals surface area (Å²) in [7, 11) is 0. The van der Waals surface area contributed by atoms with Gasteiger partial charge in [0.1, 0.15) is 0 Å². The summed E-state index contributed by atoms with van der Waals surface area (Å²) in [6.45, 7) is 0.385. The van der Waals surface area contributed by atoms with E-state index in [0.29, 0.717) is 17.3 Å². The predicted octanol–water partition coefficient (Wildman–Crippen LogP) is 5.32. The number of nitrogens with one attached hydrogen (secondary N) is 2. The van der Waals surface area contributed by atoms with Crippen molar-refractivity contribution in [2.45, 2.75) is 25.6 Å². The van der Waals surface area contributed by atoms with E-state index in [9.17, 15) is 13.2 Å². The number of carbonyl (C=O) groups is 1. The molecule has 3 aromatic rings. The lowest BCUT2D eigenvalue weighted by atomic mass is 10.1. The van der Waals surface area contributed by atoms with Crippen LogP contribution in [0.3, 0.4) is 0 Å². The maximum absolute atomic E-state index is 13.5. The minimum Gasteiger partial charge on any atom is -0.483 e. The Morgan fingerprint density at radius 1 is 1.09 bits per heavy atom. The van der Waals surface area contributed by atoms with Crippen LogP contribution in [0.2, 0.25) is 5.02 Å². The molecule has 1 heterocycles. The van der Waals surface area contributed by atoms with Crippen molar-refractivity contribution >= 4 is 29.7 Å². The zero-order valence-electron chi connectivity index (χ0n) is 16.9. The van der Waals surface area contributed by atoms with E-state index in [2.05, 4.69) is 20.6 Å². The van der Waals surface area contributed by atoms with E-state index in [-0.39, 0.29) is 24.5 Å². The quantitative estimate of drug-likeness (QED) is 0.308. The van der Waals surface area contributed by atoms with Crippen LogP contribution >= 0.6 is 11.6 Å². The van der Waals surface area contributed by atoms with Crippen molar-refractivity contribution in [3.63, 3.8) is 0 Å². The molecule has 6 nitrogen and oxygen atoms in total. The van der Waals surface area contributed by atoms with Gasteiger partial charge in [0, 0.05) is 29.0 Å². The molecule has 0 bridgehead atoms. The summed E-state index contributed by atoms with van der Waals surface area (Å²) >= 11 is 5.89. The molecule has 170 valence electrons. The number of aryl methyl sites for hydroxylation is 1. The van der Waals surface area contributed by atoms with Gasteiger partial charge in [0.15, 0.2) is 5.69 Å². The van der Waals surface area contributed by atoms with Crippen LogP contribution in [0.4, 0.5) is 24.8 Å². The highest BCUT2D eigenvalue weighted by molar-refractivity contribution is 6.30. The minimum atomic E-state index is -4.57. The molecule has 0 radical (unpaired) electrons. The molecule has 0 spiro atoms. The Morgan fingerprint density at radius 2 is 1.81 bits per heavy atom. The highest BCUT2D eigenvalue weighted by Gasteiger charge is 2.36. The molecule has 1 aromatic heterocycles. The minimum absolute atomic E-state index is 0.00820. The lowest BCUT2D eigenvalue weighted by Crippen LogP contribution is -2.21. The van der Waals surface area contributed by atoms with E-state index in [4.69, 9.17) is 21.5 Å². The second-order valence-corrected chi connectivity index (χ2v) is 7.01. The highest BCUT2D eigenvalue weighted by atomic mass is 35.5. The van der Waals surface area contributed by atoms with Gasteiger partial charge in [-0.05, 0) is 43.1 Å². The summed E-state index contributed by atoms with van der Waals surface area (Å²) in [4.78, 5) is 16.1. The second kappa shape index (κ2) is 12.6. The van der Waals surface area contributed by atoms with Crippen molar-refractivity contribution in [3.8, 4) is 0 Å². The zero-order valence-corrected chi connectivity index (χ0v) is 17.7. The van der Waals surface area contributed by atoms with Gasteiger partial charge in [-0.1, -0.05) is 48.0 Å². The third-order valence-corrected chi connectivity index (χ3v) is 4.43. The third kappa shape index (κ3) is 8.52. The highest BCUT2D eigenvalue weighted by Crippen LogP contribution is 2.31. The Balaban J connectivity index is 0.00000114. The number of alkyl halides is 3. The summed E-state index contributed by atoms with van der Waals surface area (Å²) in [5.74, 6) is -0.132. The Labute approximate surface area is 188 Å². The van der Waals surface area contributed by atoms with Crippen LogP contribution in [0.15, 0.2) is 60.8 Å². The molecule has 3 rings (SSSR count). The van der Waals surface area contributed by atoms with Gasteiger partial charge in [-0.15, -0.1) is 0 Å². The van der Waals surface area contributed by atoms with Crippen molar-refractivity contribution in [2.75, 3.05) is 11.9 Å². The molecule has 0 unspecified atom stereocenters. The summed E-state index contributed by atoms with van der Waals surface area (Å²) in [5, 5.41) is 13.1. The Morgan fingerprint density at radius 3 is 2.47 bits per heavy atom. The van der Waals surface area contributed by atoms with Crippen molar-refractivity contribution in [1.29, 1.82) is 0 Å². The van der Waals surface area contributed by atoms with Crippen molar-refractivity contribution < 1.29 is 23.1 Å². The summed E-state index contributed by atoms with van der Waals surface area (Å²) in [6, 6.07) is 16.5. The SMILES string of the molecule is FC(F)(F)c1nc(Nc2cccc(Cl)c2)ncc1CNCCCc1ccccc1.O=CO. The molecule has 0 atom stereocenters. The Bertz CT molecular complexity index is 988. The number of rotatable bonds is 8. The zero-order chi connectivity index (χ0) is 23.4. The number of aromatic nitrogens is 2. The van der Waals surface area contributed by atoms with Crippen LogP contribution in [0, 0.1) is 0 Å². The number of benzene rings is 2. The van der Waals surface area contributed by atoms with Gasteiger partial charge in [-0.2, -0.15) is 13.2 Å². The standard InChI is InChI=1S/C21H20ClF3N4.CH2O2/c22-17-9-4-10-18(12-17)28-20-27-14-16(19(29-20)21(23,24)25)13-26-11-5-8-15-6-2-1-3-7-15;2-1-3/h1-4,6-7,9-10,12,14,26H,5,8,11,13H2,(H,27,28,29);1H,(H,2,3). The average Bonchev–Trinajstić information content (AvgIpc) is 2.75. The Kier molecular flexibility index (Phi) is 9.90. The molecule has 0 fully saturated rings. The van der Waals surface area contributed by atoms with E-state index in [1.807, 2.05) is 30.3 Å². The fourth-order valence-electron chi connectivity index (χ4n) is 2.82. The molecule has 0 aliphatic carbocycles. The van der Waals surface area contributed by atoms with Crippen LogP contribution in [-0.2, 0) is 23.9 Å². The predicted molar refractivity (Wildman–Crippen MR) is 117 cm³/mol. The summed E-state index contributed by atoms with van der Waals surface area (Å²) < 4.78 is 40.4. The molecule has 0 aliphatic heterocycles. The van der Waals surface area contributed by atoms with E-state index in [1.165, 1.54) is 11.8 Å². The van der Waals surface area contributed by atoms with Crippen molar-refractivity contribution in [1.82, 2.24) is 15.3 Å². The first-order valence-electron chi connectivity index (χ1n) is 9.61. The molecule has 0 saturated heterocycles. The van der Waals surface area contributed by atoms with Gasteiger partial charge in [0.2, 0.25) is 5.95 Å². The van der Waals surface area contributed by atoms with Crippen molar-refractivity contribution in [2.24, 2.45) is 0 Å². The smallest absolute Gasteiger partial charge is 0.433 e. The second-order valence-electron chi connectivity index (χ2n) is 6.57. The number of carboxylic acid groups (broad SMARTS) is 1. The molecule has 10 heteroatoms. The molecule has 32 heavy (non-hydrogen) atoms. The molecule has 0 amide bonds. The van der Waals surface area contributed by atoms with Gasteiger partial charge in [-0.3, -0.25) is 4.79 Å². The van der Waals surface area contributed by atoms with Crippen LogP contribution in [0.1, 0.15) is 23.2 Å². The number of anilines is 2. The summed E-state index contributed by atoms with van der Waals surface area (Å²) in [5.41, 5.74) is 0.768. The van der Waals surface area contributed by atoms with E-state index < -0.39 is 11.9 Å². The van der Waals surface area contributed by atoms with Crippen molar-refractivity contribution in [3.05, 3.63) is 82.6 Å². The number of halogens is 4. The maximum atomic E-state index is 13.5. The molecule has 3 N–H and O–H groups in total. The Hall–Kier alpha value is -3.17. The van der Waals surface area contributed by atoms with Gasteiger partial charge in [0.05, 0.1) is 0 Å². The molecular weight excluding hydrogens is 445 g/mol. The van der Waals surface area contributed by atoms with Crippen LogP contribution < -0.4 is 10.6 Å². The number of nitrogens with zero attached hydrogens (tertiary/aromatic N) is 2. The molecule has 0 aliphatic rings. The maximum Gasteiger partial charge on any atom is 0.433 e. The first-order chi connectivity index (χ1) is 15.3. The van der Waals surface area contributed by atoms with E-state index in [1.54, 1.807) is 24.3 Å². The topological polar surface area (TPSA) is 87.1 Å². The van der Waals surface area contributed by atoms with E-state index >= 15 is 0 Å². The third-order valence-electron chi connectivity index (χ3n) is 4.19. The summed E-state index contributed by atoms with van der Waals surface area (Å²) in [6.07, 6.45) is -1.69. The van der Waals surface area contributed by atoms with Crippen LogP contribution in [0.25, 0.3) is 0 Å². The average molecular weight is 467 g/mol. The lowest BCUT2D eigenvalue weighted by molar-refractivity contribution is -0.141. The van der Waals surface area contributed by atoms with Crippen LogP contribution in [-0.4, -0.2) is 28.1 Å². The van der Waals surface area contributed by atoms with Gasteiger partial charge in [0.25, 0.3) is 6.47 Å². The fourth-order valence-corrected chi connectivity index (χ4v) is 3.01. The monoisotopic (exact) mass is 466 g/mol. The van der Waals surface area contributed by atoms with Gasteiger partial charge < -0.3 is 15.7 Å². The normalized spacial score (nSPS) is 10.8. The molecule has 2 aromatic carbocycles. The largest absolute Gasteiger partial charge is 0.483 e. The van der Waals surface area contributed by atoms with E-state index in [0.717, 1.165) is 12.8 Å². The van der Waals surface area contributed by atoms with Gasteiger partial charge >= 0.3 is 6.18 Å². The lowest BCUT2D eigenvalue weighted by Gasteiger charge is -2.14. The van der Waals surface area contributed by atoms with Crippen LogP contribution in [0.5, 0.6) is 0 Å². The number of hydrogen-bond donors (Lipinski definition) is 3. The first-order valence-corrected chi connectivity index (χ1v) is 9.99.